The maximum atomic E-state index is 12.2. The first-order valence-electron chi connectivity index (χ1n) is 5.60. The highest BCUT2D eigenvalue weighted by Crippen LogP contribution is 2.16. The van der Waals surface area contributed by atoms with Gasteiger partial charge in [-0.05, 0) is 19.1 Å². The Labute approximate surface area is 105 Å². The first-order chi connectivity index (χ1) is 8.60. The molecule has 0 atom stereocenters. The quantitative estimate of drug-likeness (QED) is 0.817. The van der Waals surface area contributed by atoms with Crippen molar-refractivity contribution in [3.05, 3.63) is 23.9 Å². The van der Waals surface area contributed by atoms with E-state index in [1.54, 1.807) is 19.1 Å². The van der Waals surface area contributed by atoms with Crippen LogP contribution in [0.15, 0.2) is 18.3 Å². The van der Waals surface area contributed by atoms with E-state index in [0.717, 1.165) is 0 Å². The molecule has 1 amide bonds. The number of carbonyl (C=O) groups is 2. The van der Waals surface area contributed by atoms with E-state index in [2.05, 4.69) is 4.98 Å². The minimum Gasteiger partial charge on any atom is -0.481 e. The molecule has 18 heavy (non-hydrogen) atoms. The average Bonchev–Trinajstić information content (AvgIpc) is 2.38. The number of amides is 1. The predicted molar refractivity (Wildman–Crippen MR) is 64.6 cm³/mol. The first-order valence-corrected chi connectivity index (χ1v) is 5.60. The van der Waals surface area contributed by atoms with Crippen molar-refractivity contribution in [2.75, 3.05) is 20.2 Å². The molecule has 0 aliphatic heterocycles. The molecule has 1 aromatic heterocycles. The molecule has 0 spiro atoms. The Morgan fingerprint density at radius 3 is 2.78 bits per heavy atom. The monoisotopic (exact) mass is 252 g/mol. The van der Waals surface area contributed by atoms with Crippen LogP contribution >= 0.6 is 0 Å². The van der Waals surface area contributed by atoms with Crippen LogP contribution in [0.5, 0.6) is 5.88 Å². The summed E-state index contributed by atoms with van der Waals surface area (Å²) < 4.78 is 5.01. The maximum absolute atomic E-state index is 12.2. The molecule has 0 radical (unpaired) electrons. The molecule has 1 aromatic rings. The minimum absolute atomic E-state index is 0.0812. The topological polar surface area (TPSA) is 79.7 Å². The summed E-state index contributed by atoms with van der Waals surface area (Å²) in [5, 5.41) is 8.64. The van der Waals surface area contributed by atoms with E-state index in [1.807, 2.05) is 0 Å². The molecule has 0 aromatic carbocycles. The highest BCUT2D eigenvalue weighted by atomic mass is 16.5. The standard InChI is InChI=1S/C12H16N2O4/c1-3-14(8-6-10(15)16)12(17)9-5-4-7-13-11(9)18-2/h4-5,7H,3,6,8H2,1-2H3,(H,15,16). The second-order valence-electron chi connectivity index (χ2n) is 3.59. The molecule has 0 saturated carbocycles. The molecule has 98 valence electrons. The highest BCUT2D eigenvalue weighted by molar-refractivity contribution is 5.96. The number of hydrogen-bond acceptors (Lipinski definition) is 4. The molecule has 6 heteroatoms. The predicted octanol–water partition coefficient (Wildman–Crippen LogP) is 1.03. The van der Waals surface area contributed by atoms with Gasteiger partial charge in [0.2, 0.25) is 5.88 Å². The lowest BCUT2D eigenvalue weighted by Gasteiger charge is -2.20. The van der Waals surface area contributed by atoms with Crippen LogP contribution in [0.1, 0.15) is 23.7 Å². The number of aliphatic carboxylic acids is 1. The lowest BCUT2D eigenvalue weighted by atomic mass is 10.2. The van der Waals surface area contributed by atoms with Gasteiger partial charge in [0.15, 0.2) is 0 Å². The number of rotatable bonds is 6. The molecular weight excluding hydrogens is 236 g/mol. The molecule has 1 rings (SSSR count). The van der Waals surface area contributed by atoms with Gasteiger partial charge in [-0.2, -0.15) is 0 Å². The Hall–Kier alpha value is -2.11. The Bertz CT molecular complexity index is 434. The lowest BCUT2D eigenvalue weighted by molar-refractivity contribution is -0.137. The Morgan fingerprint density at radius 2 is 2.22 bits per heavy atom. The molecule has 0 aliphatic rings. The van der Waals surface area contributed by atoms with E-state index < -0.39 is 5.97 Å². The number of carboxylic acid groups (broad SMARTS) is 1. The molecule has 0 fully saturated rings. The Balaban J connectivity index is 2.86. The van der Waals surface area contributed by atoms with Crippen LogP contribution in [0.3, 0.4) is 0 Å². The van der Waals surface area contributed by atoms with Crippen molar-refractivity contribution in [2.24, 2.45) is 0 Å². The number of pyridine rings is 1. The summed E-state index contributed by atoms with van der Waals surface area (Å²) >= 11 is 0. The van der Waals surface area contributed by atoms with Gasteiger partial charge in [0.25, 0.3) is 5.91 Å². The maximum Gasteiger partial charge on any atom is 0.305 e. The van der Waals surface area contributed by atoms with Crippen molar-refractivity contribution in [3.8, 4) is 5.88 Å². The highest BCUT2D eigenvalue weighted by Gasteiger charge is 2.19. The second kappa shape index (κ2) is 6.58. The normalized spacial score (nSPS) is 9.89. The molecule has 1 heterocycles. The number of carbonyl (C=O) groups excluding carboxylic acids is 1. The summed E-state index contributed by atoms with van der Waals surface area (Å²) in [5.74, 6) is -0.959. The lowest BCUT2D eigenvalue weighted by Crippen LogP contribution is -2.33. The fraction of sp³-hybridized carbons (Fsp3) is 0.417. The van der Waals surface area contributed by atoms with E-state index in [-0.39, 0.29) is 24.8 Å². The van der Waals surface area contributed by atoms with Crippen LogP contribution in [0.4, 0.5) is 0 Å². The number of methoxy groups -OCH3 is 1. The smallest absolute Gasteiger partial charge is 0.305 e. The molecule has 1 N–H and O–H groups in total. The fourth-order valence-electron chi connectivity index (χ4n) is 1.52. The zero-order valence-corrected chi connectivity index (χ0v) is 10.4. The van der Waals surface area contributed by atoms with Crippen LogP contribution in [0.25, 0.3) is 0 Å². The summed E-state index contributed by atoms with van der Waals surface area (Å²) in [6, 6.07) is 3.25. The molecule has 0 saturated heterocycles. The minimum atomic E-state index is -0.931. The second-order valence-corrected chi connectivity index (χ2v) is 3.59. The van der Waals surface area contributed by atoms with Gasteiger partial charge < -0.3 is 14.7 Å². The Kier molecular flexibility index (Phi) is 5.10. The molecule has 0 unspecified atom stereocenters. The van der Waals surface area contributed by atoms with E-state index in [4.69, 9.17) is 9.84 Å². The van der Waals surface area contributed by atoms with Crippen molar-refractivity contribution in [3.63, 3.8) is 0 Å². The van der Waals surface area contributed by atoms with Crippen LogP contribution in [0, 0.1) is 0 Å². The average molecular weight is 252 g/mol. The van der Waals surface area contributed by atoms with E-state index >= 15 is 0 Å². The zero-order valence-electron chi connectivity index (χ0n) is 10.4. The Morgan fingerprint density at radius 1 is 1.50 bits per heavy atom. The van der Waals surface area contributed by atoms with Crippen molar-refractivity contribution in [1.82, 2.24) is 9.88 Å². The van der Waals surface area contributed by atoms with Gasteiger partial charge in [0.05, 0.1) is 13.5 Å². The van der Waals surface area contributed by atoms with Gasteiger partial charge in [-0.3, -0.25) is 9.59 Å². The third-order valence-corrected chi connectivity index (χ3v) is 2.46. The van der Waals surface area contributed by atoms with Gasteiger partial charge in [-0.25, -0.2) is 4.98 Å². The molecular formula is C12H16N2O4. The van der Waals surface area contributed by atoms with E-state index in [0.29, 0.717) is 12.1 Å². The summed E-state index contributed by atoms with van der Waals surface area (Å²) in [5.41, 5.74) is 0.340. The number of nitrogens with zero attached hydrogens (tertiary/aromatic N) is 2. The van der Waals surface area contributed by atoms with E-state index in [1.165, 1.54) is 18.2 Å². The third kappa shape index (κ3) is 3.44. The zero-order chi connectivity index (χ0) is 13.5. The molecule has 6 nitrogen and oxygen atoms in total. The molecule has 0 bridgehead atoms. The van der Waals surface area contributed by atoms with Crippen molar-refractivity contribution in [1.29, 1.82) is 0 Å². The summed E-state index contributed by atoms with van der Waals surface area (Å²) in [7, 11) is 1.44. The number of ether oxygens (including phenoxy) is 1. The number of carboxylic acids is 1. The first kappa shape index (κ1) is 14.0. The van der Waals surface area contributed by atoms with Crippen LogP contribution in [-0.2, 0) is 4.79 Å². The fourth-order valence-corrected chi connectivity index (χ4v) is 1.52. The van der Waals surface area contributed by atoms with Gasteiger partial charge in [-0.1, -0.05) is 0 Å². The summed E-state index contributed by atoms with van der Waals surface area (Å²) in [6.45, 7) is 2.40. The van der Waals surface area contributed by atoms with Gasteiger partial charge >= 0.3 is 5.97 Å². The van der Waals surface area contributed by atoms with Gasteiger partial charge in [0.1, 0.15) is 5.56 Å². The van der Waals surface area contributed by atoms with Crippen molar-refractivity contribution < 1.29 is 19.4 Å². The van der Waals surface area contributed by atoms with Crippen molar-refractivity contribution in [2.45, 2.75) is 13.3 Å². The van der Waals surface area contributed by atoms with Crippen molar-refractivity contribution >= 4 is 11.9 Å². The largest absolute Gasteiger partial charge is 0.481 e. The molecule has 0 aliphatic carbocycles. The van der Waals surface area contributed by atoms with E-state index in [9.17, 15) is 9.59 Å². The SMILES string of the molecule is CCN(CCC(=O)O)C(=O)c1cccnc1OC. The third-order valence-electron chi connectivity index (χ3n) is 2.46. The van der Waals surface area contributed by atoms with Crippen LogP contribution in [0.2, 0.25) is 0 Å². The summed E-state index contributed by atoms with van der Waals surface area (Å²) in [6.07, 6.45) is 1.45. The number of hydrogen-bond donors (Lipinski definition) is 1. The van der Waals surface area contributed by atoms with Crippen LogP contribution in [-0.4, -0.2) is 47.1 Å². The van der Waals surface area contributed by atoms with Crippen LogP contribution < -0.4 is 4.74 Å². The van der Waals surface area contributed by atoms with Gasteiger partial charge in [-0.15, -0.1) is 0 Å². The van der Waals surface area contributed by atoms with Gasteiger partial charge in [0, 0.05) is 19.3 Å². The number of aromatic nitrogens is 1. The summed E-state index contributed by atoms with van der Waals surface area (Å²) in [4.78, 5) is 28.1.